The molecule has 5 fully saturated rings. The van der Waals surface area contributed by atoms with Gasteiger partial charge in [-0.15, -0.1) is 0 Å². The standard InChI is InChI=1S/C18H30O/c1-14(2)8-6-9-15(3)13(14)7-10-16(4)17(5)11-12-18(15,16)19-17/h13H,6-12H2,1-5H3. The summed E-state index contributed by atoms with van der Waals surface area (Å²) in [5.74, 6) is 0.865. The lowest BCUT2D eigenvalue weighted by molar-refractivity contribution is -0.397. The molecule has 0 radical (unpaired) electrons. The van der Waals surface area contributed by atoms with Crippen molar-refractivity contribution in [2.75, 3.05) is 0 Å². The van der Waals surface area contributed by atoms with Crippen LogP contribution in [0.1, 0.15) is 79.6 Å². The van der Waals surface area contributed by atoms with E-state index in [0.717, 1.165) is 5.92 Å². The molecule has 0 aromatic carbocycles. The van der Waals surface area contributed by atoms with Crippen LogP contribution in [0.3, 0.4) is 0 Å². The molecule has 1 spiro atoms. The third-order valence-corrected chi connectivity index (χ3v) is 8.50. The lowest BCUT2D eigenvalue weighted by Gasteiger charge is -2.75. The van der Waals surface area contributed by atoms with Gasteiger partial charge in [-0.25, -0.2) is 0 Å². The Morgan fingerprint density at radius 2 is 1.58 bits per heavy atom. The van der Waals surface area contributed by atoms with E-state index >= 15 is 0 Å². The Labute approximate surface area is 118 Å². The van der Waals surface area contributed by atoms with Crippen LogP contribution in [0.15, 0.2) is 0 Å². The SMILES string of the molecule is CC1(C)CCCC2(C)C1CCC1(C)C3(C)CCC21O3. The minimum atomic E-state index is 0.197. The van der Waals surface area contributed by atoms with Gasteiger partial charge in [0.25, 0.3) is 0 Å². The van der Waals surface area contributed by atoms with E-state index in [-0.39, 0.29) is 11.2 Å². The zero-order valence-corrected chi connectivity index (χ0v) is 13.4. The summed E-state index contributed by atoms with van der Waals surface area (Å²) in [7, 11) is 0. The second-order valence-corrected chi connectivity index (χ2v) is 9.34. The summed E-state index contributed by atoms with van der Waals surface area (Å²) in [5, 5.41) is 0. The normalized spacial score (nSPS) is 62.1. The maximum atomic E-state index is 6.70. The molecule has 3 saturated carbocycles. The van der Waals surface area contributed by atoms with E-state index in [1.54, 1.807) is 0 Å². The highest BCUT2D eigenvalue weighted by molar-refractivity contribution is 5.31. The molecule has 2 saturated heterocycles. The van der Waals surface area contributed by atoms with Gasteiger partial charge in [-0.2, -0.15) is 0 Å². The molecule has 5 aliphatic rings. The summed E-state index contributed by atoms with van der Waals surface area (Å²) >= 11 is 0. The Kier molecular flexibility index (Phi) is 2.06. The van der Waals surface area contributed by atoms with Crippen molar-refractivity contribution in [3.05, 3.63) is 0 Å². The summed E-state index contributed by atoms with van der Waals surface area (Å²) < 4.78 is 6.70. The second-order valence-electron chi connectivity index (χ2n) is 9.34. The van der Waals surface area contributed by atoms with Crippen LogP contribution in [-0.4, -0.2) is 11.2 Å². The maximum Gasteiger partial charge on any atom is 0.0828 e. The van der Waals surface area contributed by atoms with Crippen molar-refractivity contribution in [1.29, 1.82) is 0 Å². The Hall–Kier alpha value is -0.0400. The molecule has 0 N–H and O–H groups in total. The lowest BCUT2D eigenvalue weighted by atomic mass is 9.39. The number of ether oxygens (including phenoxy) is 1. The number of hydrogen-bond acceptors (Lipinski definition) is 1. The van der Waals surface area contributed by atoms with Crippen molar-refractivity contribution in [2.45, 2.75) is 90.8 Å². The van der Waals surface area contributed by atoms with Gasteiger partial charge in [0, 0.05) is 10.8 Å². The first-order valence-electron chi connectivity index (χ1n) is 8.41. The first kappa shape index (κ1) is 12.7. The van der Waals surface area contributed by atoms with Gasteiger partial charge in [0.15, 0.2) is 0 Å². The van der Waals surface area contributed by atoms with Crippen molar-refractivity contribution in [1.82, 2.24) is 0 Å². The summed E-state index contributed by atoms with van der Waals surface area (Å²) in [4.78, 5) is 0. The van der Waals surface area contributed by atoms with Gasteiger partial charge in [0.1, 0.15) is 0 Å². The average Bonchev–Trinajstić information content (AvgIpc) is 2.78. The van der Waals surface area contributed by atoms with Crippen LogP contribution < -0.4 is 0 Å². The van der Waals surface area contributed by atoms with Crippen LogP contribution in [0.4, 0.5) is 0 Å². The molecule has 3 aliphatic carbocycles. The summed E-state index contributed by atoms with van der Waals surface area (Å²) in [6.45, 7) is 12.5. The van der Waals surface area contributed by atoms with Crippen LogP contribution in [0.2, 0.25) is 0 Å². The smallest absolute Gasteiger partial charge is 0.0828 e. The molecule has 5 atom stereocenters. The number of hydrogen-bond donors (Lipinski definition) is 0. The summed E-state index contributed by atoms with van der Waals surface area (Å²) in [5.41, 5.74) is 1.81. The Balaban J connectivity index is 1.83. The topological polar surface area (TPSA) is 9.23 Å². The predicted octanol–water partition coefficient (Wildman–Crippen LogP) is 4.94. The van der Waals surface area contributed by atoms with Crippen LogP contribution in [0.5, 0.6) is 0 Å². The fourth-order valence-electron chi connectivity index (χ4n) is 7.31. The summed E-state index contributed by atoms with van der Waals surface area (Å²) in [6.07, 6.45) is 9.66. The molecule has 2 bridgehead atoms. The molecule has 0 amide bonds. The first-order chi connectivity index (χ1) is 8.71. The molecule has 0 aromatic rings. The monoisotopic (exact) mass is 262 g/mol. The van der Waals surface area contributed by atoms with Crippen molar-refractivity contribution in [3.8, 4) is 0 Å². The highest BCUT2D eigenvalue weighted by Crippen LogP contribution is 2.81. The van der Waals surface area contributed by atoms with E-state index in [0.29, 0.717) is 16.2 Å². The fourth-order valence-corrected chi connectivity index (χ4v) is 7.31. The molecule has 2 heterocycles. The molecule has 108 valence electrons. The molecular weight excluding hydrogens is 232 g/mol. The van der Waals surface area contributed by atoms with Gasteiger partial charge in [-0.3, -0.25) is 0 Å². The molecule has 1 heteroatoms. The van der Waals surface area contributed by atoms with E-state index < -0.39 is 0 Å². The van der Waals surface area contributed by atoms with Gasteiger partial charge in [0.05, 0.1) is 11.2 Å². The largest absolute Gasteiger partial charge is 0.367 e. The zero-order valence-electron chi connectivity index (χ0n) is 13.4. The fraction of sp³-hybridized carbons (Fsp3) is 1.00. The molecular formula is C18H30O. The van der Waals surface area contributed by atoms with E-state index in [2.05, 4.69) is 34.6 Å². The van der Waals surface area contributed by atoms with Gasteiger partial charge >= 0.3 is 0 Å². The Morgan fingerprint density at radius 3 is 2.26 bits per heavy atom. The van der Waals surface area contributed by atoms with Crippen LogP contribution in [-0.2, 0) is 4.74 Å². The van der Waals surface area contributed by atoms with Crippen LogP contribution >= 0.6 is 0 Å². The highest BCUT2D eigenvalue weighted by Gasteiger charge is 2.83. The van der Waals surface area contributed by atoms with E-state index in [9.17, 15) is 0 Å². The van der Waals surface area contributed by atoms with Crippen LogP contribution in [0, 0.1) is 22.2 Å². The molecule has 2 aliphatic heterocycles. The quantitative estimate of drug-likeness (QED) is 0.601. The molecule has 5 unspecified atom stereocenters. The van der Waals surface area contributed by atoms with Crippen LogP contribution in [0.25, 0.3) is 0 Å². The lowest BCUT2D eigenvalue weighted by Crippen LogP contribution is -2.78. The van der Waals surface area contributed by atoms with Gasteiger partial charge in [0.2, 0.25) is 0 Å². The average molecular weight is 262 g/mol. The van der Waals surface area contributed by atoms with Crippen molar-refractivity contribution >= 4 is 0 Å². The van der Waals surface area contributed by atoms with Gasteiger partial charge < -0.3 is 4.74 Å². The third kappa shape index (κ3) is 1.05. The zero-order chi connectivity index (χ0) is 13.7. The first-order valence-corrected chi connectivity index (χ1v) is 8.41. The predicted molar refractivity (Wildman–Crippen MR) is 78.0 cm³/mol. The molecule has 5 rings (SSSR count). The minimum Gasteiger partial charge on any atom is -0.367 e. The van der Waals surface area contributed by atoms with E-state index in [4.69, 9.17) is 4.74 Å². The number of fused-ring (bicyclic) bond motifs is 2. The molecule has 19 heavy (non-hydrogen) atoms. The van der Waals surface area contributed by atoms with Crippen molar-refractivity contribution in [3.63, 3.8) is 0 Å². The minimum absolute atomic E-state index is 0.197. The third-order valence-electron chi connectivity index (χ3n) is 8.50. The summed E-state index contributed by atoms with van der Waals surface area (Å²) in [6, 6.07) is 0. The van der Waals surface area contributed by atoms with Crippen molar-refractivity contribution < 1.29 is 4.74 Å². The van der Waals surface area contributed by atoms with E-state index in [1.807, 2.05) is 0 Å². The second kappa shape index (κ2) is 3.08. The Morgan fingerprint density at radius 1 is 0.842 bits per heavy atom. The van der Waals surface area contributed by atoms with Gasteiger partial charge in [-0.1, -0.05) is 34.1 Å². The molecule has 0 aromatic heterocycles. The molecule has 1 nitrogen and oxygen atoms in total. The maximum absolute atomic E-state index is 6.70. The Bertz CT molecular complexity index is 441. The van der Waals surface area contributed by atoms with Crippen molar-refractivity contribution in [2.24, 2.45) is 22.2 Å². The number of rotatable bonds is 0. The highest BCUT2D eigenvalue weighted by atomic mass is 16.6. The van der Waals surface area contributed by atoms with E-state index in [1.165, 1.54) is 44.9 Å². The van der Waals surface area contributed by atoms with Gasteiger partial charge in [-0.05, 0) is 56.8 Å².